The van der Waals surface area contributed by atoms with Crippen molar-refractivity contribution in [1.82, 2.24) is 20.2 Å². The van der Waals surface area contributed by atoms with Crippen molar-refractivity contribution in [2.24, 2.45) is 7.05 Å². The maximum atomic E-state index is 12.1. The van der Waals surface area contributed by atoms with Crippen LogP contribution in [0.4, 0.5) is 5.69 Å². The number of hydrogen-bond acceptors (Lipinski definition) is 5. The van der Waals surface area contributed by atoms with E-state index < -0.39 is 0 Å². The van der Waals surface area contributed by atoms with E-state index in [0.717, 1.165) is 0 Å². The smallest absolute Gasteiger partial charge is 0.237 e. The average Bonchev–Trinajstić information content (AvgIpc) is 2.78. The van der Waals surface area contributed by atoms with Gasteiger partial charge in [-0.15, -0.1) is 5.10 Å². The van der Waals surface area contributed by atoms with Crippen molar-refractivity contribution in [3.8, 4) is 0 Å². The molecule has 1 amide bonds. The van der Waals surface area contributed by atoms with Crippen LogP contribution in [0.2, 0.25) is 10.0 Å². The molecule has 0 unspecified atom stereocenters. The molecule has 0 bridgehead atoms. The van der Waals surface area contributed by atoms with Gasteiger partial charge in [-0.25, -0.2) is 4.68 Å². The lowest BCUT2D eigenvalue weighted by Crippen LogP contribution is -2.23. The zero-order valence-corrected chi connectivity index (χ0v) is 13.0. The van der Waals surface area contributed by atoms with Gasteiger partial charge in [0.25, 0.3) is 0 Å². The summed E-state index contributed by atoms with van der Waals surface area (Å²) >= 11 is 13.1. The molecule has 0 spiro atoms. The highest BCUT2D eigenvalue weighted by molar-refractivity contribution is 8.00. The first-order valence-corrected chi connectivity index (χ1v) is 7.26. The van der Waals surface area contributed by atoms with Crippen LogP contribution < -0.4 is 5.32 Å². The van der Waals surface area contributed by atoms with E-state index in [-0.39, 0.29) is 11.2 Å². The van der Waals surface area contributed by atoms with Gasteiger partial charge >= 0.3 is 0 Å². The van der Waals surface area contributed by atoms with Gasteiger partial charge in [-0.05, 0) is 35.5 Å². The van der Waals surface area contributed by atoms with Gasteiger partial charge in [0.2, 0.25) is 11.1 Å². The molecule has 0 saturated carbocycles. The third-order valence-electron chi connectivity index (χ3n) is 2.42. The molecule has 1 heterocycles. The SMILES string of the molecule is C[C@H](Sc1nnnn1C)C(=O)Nc1ccc(Cl)cc1Cl. The first-order valence-electron chi connectivity index (χ1n) is 5.62. The lowest BCUT2D eigenvalue weighted by molar-refractivity contribution is -0.115. The van der Waals surface area contributed by atoms with E-state index in [1.165, 1.54) is 16.4 Å². The predicted molar refractivity (Wildman–Crippen MR) is 79.2 cm³/mol. The third-order valence-corrected chi connectivity index (χ3v) is 4.09. The van der Waals surface area contributed by atoms with Crippen LogP contribution in [0, 0.1) is 0 Å². The van der Waals surface area contributed by atoms with E-state index in [1.807, 2.05) is 0 Å². The maximum absolute atomic E-state index is 12.1. The number of hydrogen-bond donors (Lipinski definition) is 1. The summed E-state index contributed by atoms with van der Waals surface area (Å²) in [6.07, 6.45) is 0. The fourth-order valence-electron chi connectivity index (χ4n) is 1.36. The number of rotatable bonds is 4. The Hall–Kier alpha value is -1.31. The second-order valence-corrected chi connectivity index (χ2v) is 6.11. The minimum Gasteiger partial charge on any atom is -0.324 e. The minimum atomic E-state index is -0.369. The number of tetrazole rings is 1. The van der Waals surface area contributed by atoms with Crippen LogP contribution in [0.1, 0.15) is 6.92 Å². The van der Waals surface area contributed by atoms with E-state index in [1.54, 1.807) is 32.2 Å². The number of carbonyl (C=O) groups is 1. The number of aryl methyl sites for hydroxylation is 1. The fraction of sp³-hybridized carbons (Fsp3) is 0.273. The molecule has 0 aliphatic carbocycles. The van der Waals surface area contributed by atoms with E-state index in [0.29, 0.717) is 20.9 Å². The summed E-state index contributed by atoms with van der Waals surface area (Å²) in [5.74, 6) is -0.192. The van der Waals surface area contributed by atoms with Crippen LogP contribution in [0.5, 0.6) is 0 Å². The molecular weight excluding hydrogens is 321 g/mol. The van der Waals surface area contributed by atoms with Gasteiger partial charge in [0.05, 0.1) is 16.0 Å². The van der Waals surface area contributed by atoms with Gasteiger partial charge in [-0.2, -0.15) is 0 Å². The Morgan fingerprint density at radius 3 is 2.80 bits per heavy atom. The Morgan fingerprint density at radius 2 is 2.20 bits per heavy atom. The average molecular weight is 332 g/mol. The van der Waals surface area contributed by atoms with E-state index in [9.17, 15) is 4.79 Å². The minimum absolute atomic E-state index is 0.192. The largest absolute Gasteiger partial charge is 0.324 e. The first-order chi connectivity index (χ1) is 9.47. The topological polar surface area (TPSA) is 72.7 Å². The standard InChI is InChI=1S/C11H11Cl2N5OS/c1-6(20-11-15-16-17-18(11)2)10(19)14-9-4-3-7(12)5-8(9)13/h3-6H,1-2H3,(H,14,19)/t6-/m0/s1. The Labute approximate surface area is 129 Å². The number of aromatic nitrogens is 4. The summed E-state index contributed by atoms with van der Waals surface area (Å²) < 4.78 is 1.50. The van der Waals surface area contributed by atoms with Gasteiger partial charge in [0.1, 0.15) is 0 Å². The molecule has 0 fully saturated rings. The number of anilines is 1. The molecule has 20 heavy (non-hydrogen) atoms. The zero-order chi connectivity index (χ0) is 14.7. The van der Waals surface area contributed by atoms with Crippen molar-refractivity contribution >= 4 is 46.6 Å². The van der Waals surface area contributed by atoms with Crippen molar-refractivity contribution in [3.05, 3.63) is 28.2 Å². The highest BCUT2D eigenvalue weighted by Crippen LogP contribution is 2.27. The zero-order valence-electron chi connectivity index (χ0n) is 10.7. The number of amides is 1. The molecule has 6 nitrogen and oxygen atoms in total. The molecule has 1 aromatic heterocycles. The molecule has 9 heteroatoms. The second-order valence-electron chi connectivity index (χ2n) is 3.96. The van der Waals surface area contributed by atoms with Gasteiger partial charge < -0.3 is 5.32 Å². The first kappa shape index (κ1) is 15.1. The normalized spacial score (nSPS) is 12.2. The van der Waals surface area contributed by atoms with Crippen LogP contribution in [0.25, 0.3) is 0 Å². The molecule has 0 aliphatic rings. The molecular formula is C11H11Cl2N5OS. The highest BCUT2D eigenvalue weighted by atomic mass is 35.5. The van der Waals surface area contributed by atoms with Crippen LogP contribution in [-0.4, -0.2) is 31.4 Å². The second kappa shape index (κ2) is 6.43. The van der Waals surface area contributed by atoms with E-state index in [2.05, 4.69) is 20.8 Å². The molecule has 106 valence electrons. The molecule has 0 aliphatic heterocycles. The Bertz CT molecular complexity index is 633. The predicted octanol–water partition coefficient (Wildman–Crippen LogP) is 2.64. The Morgan fingerprint density at radius 1 is 1.45 bits per heavy atom. The molecule has 1 N–H and O–H groups in total. The fourth-order valence-corrected chi connectivity index (χ4v) is 2.57. The number of nitrogens with one attached hydrogen (secondary N) is 1. The third kappa shape index (κ3) is 3.62. The monoisotopic (exact) mass is 331 g/mol. The molecule has 0 radical (unpaired) electrons. The van der Waals surface area contributed by atoms with Crippen molar-refractivity contribution in [1.29, 1.82) is 0 Å². The number of carbonyl (C=O) groups excluding carboxylic acids is 1. The van der Waals surface area contributed by atoms with Crippen molar-refractivity contribution in [3.63, 3.8) is 0 Å². The van der Waals surface area contributed by atoms with Crippen LogP contribution in [0.15, 0.2) is 23.4 Å². The summed E-state index contributed by atoms with van der Waals surface area (Å²) in [6, 6.07) is 4.89. The van der Waals surface area contributed by atoms with Gasteiger partial charge in [0, 0.05) is 12.1 Å². The lowest BCUT2D eigenvalue weighted by Gasteiger charge is -2.12. The van der Waals surface area contributed by atoms with E-state index >= 15 is 0 Å². The Kier molecular flexibility index (Phi) is 4.85. The summed E-state index contributed by atoms with van der Waals surface area (Å²) in [7, 11) is 1.71. The van der Waals surface area contributed by atoms with Crippen molar-refractivity contribution < 1.29 is 4.79 Å². The molecule has 1 aromatic carbocycles. The van der Waals surface area contributed by atoms with Crippen molar-refractivity contribution in [2.45, 2.75) is 17.3 Å². The van der Waals surface area contributed by atoms with Crippen LogP contribution in [0.3, 0.4) is 0 Å². The molecule has 2 rings (SSSR count). The van der Waals surface area contributed by atoms with Crippen molar-refractivity contribution in [2.75, 3.05) is 5.32 Å². The van der Waals surface area contributed by atoms with E-state index in [4.69, 9.17) is 23.2 Å². The van der Waals surface area contributed by atoms with Crippen LogP contribution in [-0.2, 0) is 11.8 Å². The number of nitrogens with zero attached hydrogens (tertiary/aromatic N) is 4. The van der Waals surface area contributed by atoms with Gasteiger partial charge in [-0.1, -0.05) is 35.0 Å². The summed E-state index contributed by atoms with van der Waals surface area (Å²) in [5, 5.41) is 14.9. The quantitative estimate of drug-likeness (QED) is 0.872. The number of halogens is 2. The Balaban J connectivity index is 2.02. The summed E-state index contributed by atoms with van der Waals surface area (Å²) in [6.45, 7) is 1.76. The van der Waals surface area contributed by atoms with Gasteiger partial charge in [-0.3, -0.25) is 4.79 Å². The molecule has 0 saturated heterocycles. The maximum Gasteiger partial charge on any atom is 0.237 e. The summed E-state index contributed by atoms with van der Waals surface area (Å²) in [5.41, 5.74) is 0.518. The van der Waals surface area contributed by atoms with Gasteiger partial charge in [0.15, 0.2) is 0 Å². The number of thioether (sulfide) groups is 1. The highest BCUT2D eigenvalue weighted by Gasteiger charge is 2.18. The summed E-state index contributed by atoms with van der Waals surface area (Å²) in [4.78, 5) is 12.1. The molecule has 1 atom stereocenters. The lowest BCUT2D eigenvalue weighted by atomic mass is 10.3. The molecule has 2 aromatic rings. The van der Waals surface area contributed by atoms with Crippen LogP contribution >= 0.6 is 35.0 Å². The number of benzene rings is 1.